The van der Waals surface area contributed by atoms with Crippen molar-refractivity contribution in [2.24, 2.45) is 0 Å². The van der Waals surface area contributed by atoms with Crippen molar-refractivity contribution in [3.8, 4) is 5.82 Å². The molecule has 1 amide bonds. The number of aromatic nitrogens is 4. The fraction of sp³-hybridized carbons (Fsp3) is 0.333. The van der Waals surface area contributed by atoms with Crippen LogP contribution < -0.4 is 5.73 Å². The molecule has 0 bridgehead atoms. The highest BCUT2D eigenvalue weighted by atomic mass is 16.2. The second-order valence-electron chi connectivity index (χ2n) is 4.45. The van der Waals surface area contributed by atoms with Crippen LogP contribution in [-0.2, 0) is 0 Å². The molecule has 0 aliphatic carbocycles. The monoisotopic (exact) mass is 260 g/mol. The van der Waals surface area contributed by atoms with Gasteiger partial charge >= 0.3 is 0 Å². The summed E-state index contributed by atoms with van der Waals surface area (Å²) in [5, 5.41) is 4.22. The predicted molar refractivity (Wildman–Crippen MR) is 71.1 cm³/mol. The van der Waals surface area contributed by atoms with Crippen molar-refractivity contribution in [1.82, 2.24) is 24.6 Å². The van der Waals surface area contributed by atoms with Crippen molar-refractivity contribution < 1.29 is 4.79 Å². The van der Waals surface area contributed by atoms with Gasteiger partial charge in [-0.2, -0.15) is 5.10 Å². The summed E-state index contributed by atoms with van der Waals surface area (Å²) in [5.41, 5.74) is 6.90. The molecule has 0 aliphatic heterocycles. The van der Waals surface area contributed by atoms with Gasteiger partial charge in [0.15, 0.2) is 11.5 Å². The maximum atomic E-state index is 11.8. The van der Waals surface area contributed by atoms with E-state index in [4.69, 9.17) is 5.73 Å². The lowest BCUT2D eigenvalue weighted by molar-refractivity contribution is 0.0821. The van der Waals surface area contributed by atoms with Gasteiger partial charge in [-0.15, -0.1) is 0 Å². The highest BCUT2D eigenvalue weighted by Gasteiger charge is 2.14. The van der Waals surface area contributed by atoms with Crippen LogP contribution in [0, 0.1) is 13.8 Å². The number of carbonyl (C=O) groups excluding carboxylic acids is 1. The Balaban J connectivity index is 2.47. The third kappa shape index (κ3) is 2.40. The molecule has 0 saturated carbocycles. The predicted octanol–water partition coefficient (Wildman–Crippen LogP) is 0.563. The molecular weight excluding hydrogens is 244 g/mol. The molecule has 19 heavy (non-hydrogen) atoms. The lowest BCUT2D eigenvalue weighted by Gasteiger charge is -2.09. The van der Waals surface area contributed by atoms with Gasteiger partial charge in [0.05, 0.1) is 0 Å². The Morgan fingerprint density at radius 1 is 1.32 bits per heavy atom. The maximum Gasteiger partial charge on any atom is 0.273 e. The number of hydrogen-bond acceptors (Lipinski definition) is 5. The first-order chi connectivity index (χ1) is 8.90. The Hall–Kier alpha value is -2.44. The minimum atomic E-state index is -0.157. The fourth-order valence-electron chi connectivity index (χ4n) is 1.64. The van der Waals surface area contributed by atoms with Crippen molar-refractivity contribution >= 4 is 11.7 Å². The molecule has 0 atom stereocenters. The standard InChI is InChI=1S/C12H16N6O/c1-7-10(13)14-8(2)15-11(7)18-6-5-9(16-18)12(19)17(3)4/h5-6H,1-4H3,(H2,13,14,15). The summed E-state index contributed by atoms with van der Waals surface area (Å²) in [7, 11) is 3.36. The van der Waals surface area contributed by atoms with Gasteiger partial charge in [-0.25, -0.2) is 14.6 Å². The van der Waals surface area contributed by atoms with Crippen molar-refractivity contribution in [2.45, 2.75) is 13.8 Å². The van der Waals surface area contributed by atoms with Crippen LogP contribution in [-0.4, -0.2) is 44.7 Å². The second kappa shape index (κ2) is 4.68. The van der Waals surface area contributed by atoms with Crippen LogP contribution in [0.5, 0.6) is 0 Å². The van der Waals surface area contributed by atoms with Gasteiger partial charge in [0.25, 0.3) is 5.91 Å². The van der Waals surface area contributed by atoms with Crippen LogP contribution in [0.2, 0.25) is 0 Å². The summed E-state index contributed by atoms with van der Waals surface area (Å²) in [4.78, 5) is 21.7. The summed E-state index contributed by atoms with van der Waals surface area (Å²) in [6, 6.07) is 1.65. The topological polar surface area (TPSA) is 89.9 Å². The molecular formula is C12H16N6O. The van der Waals surface area contributed by atoms with E-state index in [-0.39, 0.29) is 5.91 Å². The molecule has 2 aromatic rings. The molecule has 0 spiro atoms. The first-order valence-electron chi connectivity index (χ1n) is 5.78. The normalized spacial score (nSPS) is 10.5. The quantitative estimate of drug-likeness (QED) is 0.852. The third-order valence-corrected chi connectivity index (χ3v) is 2.70. The smallest absolute Gasteiger partial charge is 0.273 e. The van der Waals surface area contributed by atoms with Crippen molar-refractivity contribution in [1.29, 1.82) is 0 Å². The maximum absolute atomic E-state index is 11.8. The largest absolute Gasteiger partial charge is 0.383 e. The number of nitrogen functional groups attached to an aromatic ring is 1. The molecule has 2 aromatic heterocycles. The summed E-state index contributed by atoms with van der Waals surface area (Å²) >= 11 is 0. The van der Waals surface area contributed by atoms with Gasteiger partial charge in [0.1, 0.15) is 11.6 Å². The number of amides is 1. The number of nitrogens with two attached hydrogens (primary N) is 1. The Kier molecular flexibility index (Phi) is 3.20. The number of nitrogens with zero attached hydrogens (tertiary/aromatic N) is 5. The van der Waals surface area contributed by atoms with E-state index in [0.717, 1.165) is 5.56 Å². The van der Waals surface area contributed by atoms with E-state index in [2.05, 4.69) is 15.1 Å². The van der Waals surface area contributed by atoms with E-state index in [1.807, 2.05) is 6.92 Å². The highest BCUT2D eigenvalue weighted by molar-refractivity contribution is 5.91. The zero-order valence-corrected chi connectivity index (χ0v) is 11.4. The number of anilines is 1. The van der Waals surface area contributed by atoms with E-state index in [1.54, 1.807) is 33.3 Å². The average Bonchev–Trinajstić information content (AvgIpc) is 2.81. The zero-order chi connectivity index (χ0) is 14.2. The van der Waals surface area contributed by atoms with Gasteiger partial charge in [-0.05, 0) is 19.9 Å². The number of aryl methyl sites for hydroxylation is 1. The SMILES string of the molecule is Cc1nc(N)c(C)c(-n2ccc(C(=O)N(C)C)n2)n1. The molecule has 7 heteroatoms. The van der Waals surface area contributed by atoms with Crippen molar-refractivity contribution in [2.75, 3.05) is 19.8 Å². The Morgan fingerprint density at radius 3 is 2.63 bits per heavy atom. The van der Waals surface area contributed by atoms with Gasteiger partial charge < -0.3 is 10.6 Å². The zero-order valence-electron chi connectivity index (χ0n) is 11.4. The van der Waals surface area contributed by atoms with E-state index < -0.39 is 0 Å². The van der Waals surface area contributed by atoms with E-state index in [9.17, 15) is 4.79 Å². The summed E-state index contributed by atoms with van der Waals surface area (Å²) in [5.74, 6) is 1.41. The van der Waals surface area contributed by atoms with Gasteiger partial charge in [0.2, 0.25) is 0 Å². The molecule has 0 saturated heterocycles. The molecule has 2 rings (SSSR count). The molecule has 2 heterocycles. The molecule has 7 nitrogen and oxygen atoms in total. The first kappa shape index (κ1) is 13.0. The minimum Gasteiger partial charge on any atom is -0.383 e. The van der Waals surface area contributed by atoms with Crippen molar-refractivity contribution in [3.63, 3.8) is 0 Å². The second-order valence-corrected chi connectivity index (χ2v) is 4.45. The lowest BCUT2D eigenvalue weighted by Crippen LogP contribution is -2.22. The molecule has 0 unspecified atom stereocenters. The Morgan fingerprint density at radius 2 is 2.00 bits per heavy atom. The molecule has 100 valence electrons. The summed E-state index contributed by atoms with van der Waals surface area (Å²) < 4.78 is 1.54. The van der Waals surface area contributed by atoms with Crippen LogP contribution >= 0.6 is 0 Å². The third-order valence-electron chi connectivity index (χ3n) is 2.70. The van der Waals surface area contributed by atoms with Crippen LogP contribution in [0.1, 0.15) is 21.9 Å². The molecule has 0 aliphatic rings. The first-order valence-corrected chi connectivity index (χ1v) is 5.78. The number of hydrogen-bond donors (Lipinski definition) is 1. The van der Waals surface area contributed by atoms with E-state index in [0.29, 0.717) is 23.2 Å². The fourth-order valence-corrected chi connectivity index (χ4v) is 1.64. The summed E-state index contributed by atoms with van der Waals surface area (Å²) in [6.45, 7) is 3.58. The van der Waals surface area contributed by atoms with Crippen molar-refractivity contribution in [3.05, 3.63) is 29.3 Å². The average molecular weight is 260 g/mol. The molecule has 2 N–H and O–H groups in total. The van der Waals surface area contributed by atoms with Crippen LogP contribution in [0.25, 0.3) is 5.82 Å². The highest BCUT2D eigenvalue weighted by Crippen LogP contribution is 2.16. The van der Waals surface area contributed by atoms with E-state index >= 15 is 0 Å². The molecule has 0 radical (unpaired) electrons. The summed E-state index contributed by atoms with van der Waals surface area (Å²) in [6.07, 6.45) is 1.69. The van der Waals surface area contributed by atoms with Gasteiger partial charge in [-0.1, -0.05) is 0 Å². The van der Waals surface area contributed by atoms with Gasteiger partial charge in [0, 0.05) is 25.9 Å². The number of carbonyl (C=O) groups is 1. The van der Waals surface area contributed by atoms with Gasteiger partial charge in [-0.3, -0.25) is 4.79 Å². The van der Waals surface area contributed by atoms with Crippen LogP contribution in [0.15, 0.2) is 12.3 Å². The Bertz CT molecular complexity index is 631. The van der Waals surface area contributed by atoms with Crippen LogP contribution in [0.4, 0.5) is 5.82 Å². The van der Waals surface area contributed by atoms with E-state index in [1.165, 1.54) is 9.58 Å². The lowest BCUT2D eigenvalue weighted by atomic mass is 10.3. The number of rotatable bonds is 2. The molecule has 0 aromatic carbocycles. The molecule has 0 fully saturated rings. The van der Waals surface area contributed by atoms with Crippen LogP contribution in [0.3, 0.4) is 0 Å². The Labute approximate surface area is 111 Å². The minimum absolute atomic E-state index is 0.157.